The number of aromatic nitrogens is 1. The van der Waals surface area contributed by atoms with Gasteiger partial charge in [-0.05, 0) is 36.0 Å². The van der Waals surface area contributed by atoms with Crippen LogP contribution in [0.5, 0.6) is 0 Å². The molecule has 0 N–H and O–H groups in total. The molecule has 5 rings (SSSR count). The van der Waals surface area contributed by atoms with E-state index in [1.54, 1.807) is 11.0 Å². The van der Waals surface area contributed by atoms with Crippen molar-refractivity contribution in [3.8, 4) is 0 Å². The number of hydrogen-bond acceptors (Lipinski definition) is 3. The number of carbonyl (C=O) groups is 2. The predicted octanol–water partition coefficient (Wildman–Crippen LogP) is 2.86. The highest BCUT2D eigenvalue weighted by Gasteiger charge is 2.43. The molecular formula is C25H29N3O3. The van der Waals surface area contributed by atoms with Gasteiger partial charge in [-0.3, -0.25) is 14.4 Å². The highest BCUT2D eigenvalue weighted by Crippen LogP contribution is 2.36. The van der Waals surface area contributed by atoms with Gasteiger partial charge >= 0.3 is 0 Å². The second-order valence-corrected chi connectivity index (χ2v) is 9.36. The molecule has 3 aliphatic rings. The van der Waals surface area contributed by atoms with Crippen molar-refractivity contribution in [3.63, 3.8) is 0 Å². The lowest BCUT2D eigenvalue weighted by Gasteiger charge is -2.45. The molecule has 4 atom stereocenters. The van der Waals surface area contributed by atoms with Gasteiger partial charge in [0.25, 0.3) is 11.5 Å². The Labute approximate surface area is 182 Å². The van der Waals surface area contributed by atoms with Crippen LogP contribution in [-0.4, -0.2) is 45.3 Å². The second-order valence-electron chi connectivity index (χ2n) is 9.36. The van der Waals surface area contributed by atoms with Crippen LogP contribution in [0.1, 0.15) is 54.2 Å². The van der Waals surface area contributed by atoms with Crippen LogP contribution in [-0.2, 0) is 17.9 Å². The third-order valence-electron chi connectivity index (χ3n) is 7.41. The van der Waals surface area contributed by atoms with Crippen molar-refractivity contribution in [1.82, 2.24) is 14.4 Å². The van der Waals surface area contributed by atoms with Crippen molar-refractivity contribution >= 4 is 11.8 Å². The smallest absolute Gasteiger partial charge is 0.255 e. The molecule has 31 heavy (non-hydrogen) atoms. The van der Waals surface area contributed by atoms with Crippen LogP contribution in [0.4, 0.5) is 0 Å². The molecule has 6 nitrogen and oxygen atoms in total. The quantitative estimate of drug-likeness (QED) is 0.766. The molecule has 0 saturated carbocycles. The van der Waals surface area contributed by atoms with Crippen LogP contribution >= 0.6 is 0 Å². The topological polar surface area (TPSA) is 62.6 Å². The lowest BCUT2D eigenvalue weighted by atomic mass is 9.82. The van der Waals surface area contributed by atoms with Crippen molar-refractivity contribution in [2.24, 2.45) is 11.8 Å². The van der Waals surface area contributed by atoms with E-state index in [1.807, 2.05) is 45.9 Å². The first-order valence-corrected chi connectivity index (χ1v) is 11.3. The van der Waals surface area contributed by atoms with E-state index < -0.39 is 6.04 Å². The van der Waals surface area contributed by atoms with Crippen molar-refractivity contribution < 1.29 is 9.59 Å². The van der Waals surface area contributed by atoms with Crippen LogP contribution < -0.4 is 5.56 Å². The van der Waals surface area contributed by atoms with Crippen LogP contribution in [0, 0.1) is 11.8 Å². The molecule has 4 heterocycles. The average Bonchev–Trinajstić information content (AvgIpc) is 3.10. The van der Waals surface area contributed by atoms with Gasteiger partial charge in [0.2, 0.25) is 5.91 Å². The molecule has 2 aromatic rings. The van der Waals surface area contributed by atoms with E-state index in [0.29, 0.717) is 31.7 Å². The van der Waals surface area contributed by atoms with Crippen LogP contribution in [0.15, 0.2) is 47.3 Å². The lowest BCUT2D eigenvalue weighted by Crippen LogP contribution is -2.56. The Bertz CT molecular complexity index is 1090. The molecule has 0 aliphatic carbocycles. The minimum atomic E-state index is -0.457. The van der Waals surface area contributed by atoms with E-state index in [1.165, 1.54) is 0 Å². The molecule has 0 radical (unpaired) electrons. The Morgan fingerprint density at radius 3 is 2.65 bits per heavy atom. The third kappa shape index (κ3) is 3.29. The van der Waals surface area contributed by atoms with Gasteiger partial charge in [-0.1, -0.05) is 44.5 Å². The fourth-order valence-electron chi connectivity index (χ4n) is 5.67. The molecule has 162 valence electrons. The van der Waals surface area contributed by atoms with E-state index in [4.69, 9.17) is 0 Å². The number of likely N-dealkylation sites (tertiary alicyclic amines) is 1. The van der Waals surface area contributed by atoms with Crippen molar-refractivity contribution in [3.05, 3.63) is 69.6 Å². The highest BCUT2D eigenvalue weighted by atomic mass is 16.2. The number of hydrogen-bond donors (Lipinski definition) is 0. The van der Waals surface area contributed by atoms with E-state index in [0.717, 1.165) is 24.1 Å². The van der Waals surface area contributed by atoms with Gasteiger partial charge < -0.3 is 14.4 Å². The summed E-state index contributed by atoms with van der Waals surface area (Å²) in [6.07, 6.45) is 1.84. The Hall–Kier alpha value is -2.89. The number of amides is 2. The fraction of sp³-hybridized carbons (Fsp3) is 0.480. The van der Waals surface area contributed by atoms with E-state index in [2.05, 4.69) is 13.8 Å². The Balaban J connectivity index is 1.43. The zero-order chi connectivity index (χ0) is 21.7. The van der Waals surface area contributed by atoms with Gasteiger partial charge in [0.15, 0.2) is 0 Å². The minimum Gasteiger partial charge on any atom is -0.340 e. The number of pyridine rings is 1. The van der Waals surface area contributed by atoms with E-state index >= 15 is 0 Å². The average molecular weight is 420 g/mol. The van der Waals surface area contributed by atoms with Crippen molar-refractivity contribution in [2.75, 3.05) is 13.1 Å². The Morgan fingerprint density at radius 2 is 1.87 bits per heavy atom. The van der Waals surface area contributed by atoms with E-state index in [9.17, 15) is 14.4 Å². The first kappa shape index (κ1) is 20.0. The first-order valence-electron chi connectivity index (χ1n) is 11.3. The third-order valence-corrected chi connectivity index (χ3v) is 7.41. The fourth-order valence-corrected chi connectivity index (χ4v) is 5.67. The van der Waals surface area contributed by atoms with Crippen LogP contribution in [0.3, 0.4) is 0 Å². The number of piperidine rings is 1. The SMILES string of the molecule is CCC(C)C(C(=O)N1CC2CC(C1)c1cccc(=O)n1C2)N1Cc2ccccc2C1=O. The number of benzene rings is 1. The molecule has 1 aromatic carbocycles. The molecule has 1 fully saturated rings. The maximum atomic E-state index is 13.9. The number of nitrogens with zero attached hydrogens (tertiary/aromatic N) is 3. The first-order chi connectivity index (χ1) is 15.0. The summed E-state index contributed by atoms with van der Waals surface area (Å²) in [7, 11) is 0. The van der Waals surface area contributed by atoms with Crippen molar-refractivity contribution in [2.45, 2.75) is 51.7 Å². The molecule has 2 amide bonds. The summed E-state index contributed by atoms with van der Waals surface area (Å²) in [5.41, 5.74) is 2.79. The normalized spacial score (nSPS) is 23.9. The maximum Gasteiger partial charge on any atom is 0.255 e. The van der Waals surface area contributed by atoms with Gasteiger partial charge in [0, 0.05) is 49.4 Å². The van der Waals surface area contributed by atoms with Crippen molar-refractivity contribution in [1.29, 1.82) is 0 Å². The van der Waals surface area contributed by atoms with Crippen LogP contribution in [0.25, 0.3) is 0 Å². The van der Waals surface area contributed by atoms with Crippen LogP contribution in [0.2, 0.25) is 0 Å². The molecule has 1 aromatic heterocycles. The summed E-state index contributed by atoms with van der Waals surface area (Å²) in [6, 6.07) is 12.7. The number of rotatable bonds is 4. The lowest BCUT2D eigenvalue weighted by molar-refractivity contribution is -0.141. The largest absolute Gasteiger partial charge is 0.340 e. The minimum absolute atomic E-state index is 0.0386. The molecule has 6 heteroatoms. The van der Waals surface area contributed by atoms with Gasteiger partial charge in [-0.2, -0.15) is 0 Å². The molecule has 3 aliphatic heterocycles. The number of fused-ring (bicyclic) bond motifs is 5. The van der Waals surface area contributed by atoms with Gasteiger partial charge in [-0.25, -0.2) is 0 Å². The van der Waals surface area contributed by atoms with Gasteiger partial charge in [0.05, 0.1) is 0 Å². The summed E-state index contributed by atoms with van der Waals surface area (Å²) in [6.45, 7) is 6.56. The zero-order valence-electron chi connectivity index (χ0n) is 18.2. The standard InChI is InChI=1S/C25H29N3O3/c1-3-16(2)23(28-15-18-7-4-5-8-20(18)24(28)30)25(31)26-12-17-11-19(14-26)21-9-6-10-22(29)27(21)13-17/h4-10,16-17,19,23H,3,11-15H2,1-2H3. The second kappa shape index (κ2) is 7.66. The molecule has 2 bridgehead atoms. The predicted molar refractivity (Wildman–Crippen MR) is 118 cm³/mol. The number of carbonyl (C=O) groups excluding carboxylic acids is 2. The molecular weight excluding hydrogens is 390 g/mol. The Kier molecular flexibility index (Phi) is 4.95. The monoisotopic (exact) mass is 419 g/mol. The van der Waals surface area contributed by atoms with Gasteiger partial charge in [-0.15, -0.1) is 0 Å². The zero-order valence-corrected chi connectivity index (χ0v) is 18.2. The summed E-state index contributed by atoms with van der Waals surface area (Å²) in [5.74, 6) is 0.538. The van der Waals surface area contributed by atoms with E-state index in [-0.39, 0.29) is 35.1 Å². The molecule has 0 spiro atoms. The maximum absolute atomic E-state index is 13.9. The summed E-state index contributed by atoms with van der Waals surface area (Å²) >= 11 is 0. The summed E-state index contributed by atoms with van der Waals surface area (Å²) in [4.78, 5) is 43.1. The van der Waals surface area contributed by atoms with Gasteiger partial charge in [0.1, 0.15) is 6.04 Å². The molecule has 4 unspecified atom stereocenters. The molecule has 1 saturated heterocycles. The summed E-state index contributed by atoms with van der Waals surface area (Å²) < 4.78 is 1.88. The summed E-state index contributed by atoms with van der Waals surface area (Å²) in [5, 5.41) is 0. The highest BCUT2D eigenvalue weighted by molar-refractivity contribution is 6.01. The Morgan fingerprint density at radius 1 is 1.06 bits per heavy atom.